The summed E-state index contributed by atoms with van der Waals surface area (Å²) in [6, 6.07) is 8.63. The lowest BCUT2D eigenvalue weighted by molar-refractivity contribution is -0.131. The highest BCUT2D eigenvalue weighted by molar-refractivity contribution is 8.04. The van der Waals surface area contributed by atoms with Crippen LogP contribution in [0.1, 0.15) is 12.5 Å². The van der Waals surface area contributed by atoms with E-state index in [0.717, 1.165) is 17.3 Å². The van der Waals surface area contributed by atoms with Crippen molar-refractivity contribution in [1.82, 2.24) is 14.8 Å². The molecule has 0 radical (unpaired) electrons. The summed E-state index contributed by atoms with van der Waals surface area (Å²) in [4.78, 5) is 12.0. The van der Waals surface area contributed by atoms with Gasteiger partial charge in [-0.25, -0.2) is 4.79 Å². The maximum atomic E-state index is 12.0. The molecule has 3 aromatic rings. The molecular formula is C22H20ClN3O6S. The van der Waals surface area contributed by atoms with Gasteiger partial charge in [0.25, 0.3) is 0 Å². The third-order valence-electron chi connectivity index (χ3n) is 4.83. The Kier molecular flexibility index (Phi) is 6.66. The number of hydrogen-bond donors (Lipinski definition) is 1. The largest absolute Gasteiger partial charge is 0.497 e. The van der Waals surface area contributed by atoms with Gasteiger partial charge in [-0.1, -0.05) is 11.6 Å². The summed E-state index contributed by atoms with van der Waals surface area (Å²) >= 11 is 7.30. The summed E-state index contributed by atoms with van der Waals surface area (Å²) in [5, 5.41) is 19.1. The van der Waals surface area contributed by atoms with Crippen molar-refractivity contribution in [3.8, 4) is 34.4 Å². The average Bonchev–Trinajstić information content (AvgIpc) is 3.44. The van der Waals surface area contributed by atoms with Crippen molar-refractivity contribution in [2.45, 2.75) is 18.6 Å². The van der Waals surface area contributed by atoms with Crippen molar-refractivity contribution >= 4 is 35.4 Å². The molecule has 2 aromatic carbocycles. The molecule has 1 N–H and O–H groups in total. The number of nitrogens with zero attached hydrogens (tertiary/aromatic N) is 3. The van der Waals surface area contributed by atoms with Crippen molar-refractivity contribution < 1.29 is 28.8 Å². The van der Waals surface area contributed by atoms with Crippen molar-refractivity contribution in [2.24, 2.45) is 0 Å². The third-order valence-corrected chi connectivity index (χ3v) is 6.16. The molecule has 4 rings (SSSR count). The highest BCUT2D eigenvalue weighted by Crippen LogP contribution is 2.39. The number of aromatic nitrogens is 3. The highest BCUT2D eigenvalue weighted by Gasteiger charge is 2.21. The lowest BCUT2D eigenvalue weighted by atomic mass is 10.2. The van der Waals surface area contributed by atoms with Crippen LogP contribution in [0.2, 0.25) is 5.02 Å². The lowest BCUT2D eigenvalue weighted by Gasteiger charge is -2.10. The highest BCUT2D eigenvalue weighted by atomic mass is 35.5. The van der Waals surface area contributed by atoms with E-state index in [2.05, 4.69) is 10.2 Å². The Morgan fingerprint density at radius 1 is 1.15 bits per heavy atom. The number of carbonyl (C=O) groups is 1. The molecule has 0 saturated carbocycles. The number of fused-ring (bicyclic) bond motifs is 1. The topological polar surface area (TPSA) is 105 Å². The van der Waals surface area contributed by atoms with Crippen LogP contribution in [0, 0.1) is 0 Å². The van der Waals surface area contributed by atoms with Crippen molar-refractivity contribution in [3.63, 3.8) is 0 Å². The van der Waals surface area contributed by atoms with Crippen LogP contribution >= 0.6 is 23.4 Å². The van der Waals surface area contributed by atoms with Crippen LogP contribution in [-0.2, 0) is 11.3 Å². The van der Waals surface area contributed by atoms with Gasteiger partial charge in [-0.3, -0.25) is 0 Å². The number of carboxylic acids is 1. The van der Waals surface area contributed by atoms with E-state index < -0.39 is 5.97 Å². The average molecular weight is 490 g/mol. The van der Waals surface area contributed by atoms with Gasteiger partial charge in [0.15, 0.2) is 22.5 Å². The molecule has 0 spiro atoms. The predicted octanol–water partition coefficient (Wildman–Crippen LogP) is 4.58. The summed E-state index contributed by atoms with van der Waals surface area (Å²) in [5.74, 6) is 1.67. The van der Waals surface area contributed by atoms with E-state index in [-0.39, 0.29) is 11.7 Å². The van der Waals surface area contributed by atoms with E-state index in [0.29, 0.717) is 51.1 Å². The molecule has 0 amide bonds. The first-order valence-corrected chi connectivity index (χ1v) is 11.0. The minimum Gasteiger partial charge on any atom is -0.497 e. The van der Waals surface area contributed by atoms with Gasteiger partial charge in [0.05, 0.1) is 19.2 Å². The first-order chi connectivity index (χ1) is 15.9. The number of ether oxygens (including phenoxy) is 4. The summed E-state index contributed by atoms with van der Waals surface area (Å²) in [5.41, 5.74) is 1.22. The maximum absolute atomic E-state index is 12.0. The fourth-order valence-electron chi connectivity index (χ4n) is 3.22. The standard InChI is InChI=1S/C22H20ClN3O6S/c1-4-26-20(13-5-14(29-2)9-15(6-13)30-3)24-25-22(26)33-19(21(27)28)8-12-7-17-18(10-16(12)23)32-11-31-17/h5-10H,4,11H2,1-3H3,(H,27,28)/b19-8-. The van der Waals surface area contributed by atoms with Gasteiger partial charge in [-0.2, -0.15) is 0 Å². The van der Waals surface area contributed by atoms with E-state index in [9.17, 15) is 9.90 Å². The van der Waals surface area contributed by atoms with Gasteiger partial charge in [0.2, 0.25) is 6.79 Å². The van der Waals surface area contributed by atoms with E-state index in [1.807, 2.05) is 23.6 Å². The molecule has 172 valence electrons. The smallest absolute Gasteiger partial charge is 0.342 e. The predicted molar refractivity (Wildman–Crippen MR) is 123 cm³/mol. The van der Waals surface area contributed by atoms with E-state index >= 15 is 0 Å². The number of methoxy groups -OCH3 is 2. The number of aliphatic carboxylic acids is 1. The summed E-state index contributed by atoms with van der Waals surface area (Å²) < 4.78 is 23.2. The number of hydrogen-bond acceptors (Lipinski definition) is 8. The number of halogens is 1. The fraction of sp³-hybridized carbons (Fsp3) is 0.227. The van der Waals surface area contributed by atoms with Crippen LogP contribution in [0.3, 0.4) is 0 Å². The third kappa shape index (κ3) is 4.71. The Balaban J connectivity index is 1.71. The van der Waals surface area contributed by atoms with Crippen LogP contribution in [0.15, 0.2) is 40.4 Å². The first kappa shape index (κ1) is 22.8. The molecule has 1 aromatic heterocycles. The monoisotopic (exact) mass is 489 g/mol. The number of thioether (sulfide) groups is 1. The van der Waals surface area contributed by atoms with Gasteiger partial charge in [0.1, 0.15) is 16.4 Å². The normalized spacial score (nSPS) is 12.7. The van der Waals surface area contributed by atoms with Crippen LogP contribution < -0.4 is 18.9 Å². The molecule has 0 atom stereocenters. The zero-order valence-corrected chi connectivity index (χ0v) is 19.6. The molecule has 0 bridgehead atoms. The summed E-state index contributed by atoms with van der Waals surface area (Å²) in [6.07, 6.45) is 1.47. The molecular weight excluding hydrogens is 470 g/mol. The van der Waals surface area contributed by atoms with Crippen LogP contribution in [0.5, 0.6) is 23.0 Å². The molecule has 1 aliphatic rings. The molecule has 1 aliphatic heterocycles. The number of rotatable bonds is 8. The Bertz CT molecular complexity index is 1220. The Morgan fingerprint density at radius 3 is 2.42 bits per heavy atom. The molecule has 0 aliphatic carbocycles. The first-order valence-electron chi connectivity index (χ1n) is 9.82. The molecule has 9 nitrogen and oxygen atoms in total. The quantitative estimate of drug-likeness (QED) is 0.359. The zero-order chi connectivity index (χ0) is 23.5. The minimum absolute atomic E-state index is 0.0210. The lowest BCUT2D eigenvalue weighted by Crippen LogP contribution is -2.03. The molecule has 0 saturated heterocycles. The van der Waals surface area contributed by atoms with Gasteiger partial charge in [-0.05, 0) is 48.5 Å². The van der Waals surface area contributed by atoms with Gasteiger partial charge in [0, 0.05) is 24.2 Å². The molecule has 2 heterocycles. The second kappa shape index (κ2) is 9.63. The Morgan fingerprint density at radius 2 is 1.82 bits per heavy atom. The van der Waals surface area contributed by atoms with Gasteiger partial charge < -0.3 is 28.6 Å². The van der Waals surface area contributed by atoms with Crippen LogP contribution in [0.25, 0.3) is 17.5 Å². The summed E-state index contributed by atoms with van der Waals surface area (Å²) in [7, 11) is 3.13. The van der Waals surface area contributed by atoms with E-state index in [1.165, 1.54) is 6.08 Å². The van der Waals surface area contributed by atoms with E-state index in [1.54, 1.807) is 32.4 Å². The van der Waals surface area contributed by atoms with Crippen molar-refractivity contribution in [1.29, 1.82) is 0 Å². The zero-order valence-electron chi connectivity index (χ0n) is 18.0. The molecule has 0 unspecified atom stereocenters. The second-order valence-electron chi connectivity index (χ2n) is 6.79. The Hall–Kier alpha value is -3.37. The second-order valence-corrected chi connectivity index (χ2v) is 8.21. The molecule has 33 heavy (non-hydrogen) atoms. The van der Waals surface area contributed by atoms with Gasteiger partial charge >= 0.3 is 5.97 Å². The van der Waals surface area contributed by atoms with Crippen molar-refractivity contribution in [3.05, 3.63) is 45.8 Å². The number of carboxylic acid groups (broad SMARTS) is 1. The van der Waals surface area contributed by atoms with Crippen molar-refractivity contribution in [2.75, 3.05) is 21.0 Å². The SMILES string of the molecule is CCn1c(S/C(=C\c2cc3c(cc2Cl)OCO3)C(=O)O)nnc1-c1cc(OC)cc(OC)c1. The molecule has 0 fully saturated rings. The number of benzene rings is 2. The van der Waals surface area contributed by atoms with Crippen LogP contribution in [0.4, 0.5) is 0 Å². The van der Waals surface area contributed by atoms with Crippen LogP contribution in [-0.4, -0.2) is 46.9 Å². The van der Waals surface area contributed by atoms with Gasteiger partial charge in [-0.15, -0.1) is 10.2 Å². The minimum atomic E-state index is -1.12. The summed E-state index contributed by atoms with van der Waals surface area (Å²) in [6.45, 7) is 2.53. The Labute approximate surface area is 198 Å². The molecule has 11 heteroatoms. The van der Waals surface area contributed by atoms with E-state index in [4.69, 9.17) is 30.5 Å². The maximum Gasteiger partial charge on any atom is 0.342 e. The fourth-order valence-corrected chi connectivity index (χ4v) is 4.30.